The van der Waals surface area contributed by atoms with Crippen molar-refractivity contribution in [3.8, 4) is 11.4 Å². The maximum Gasteiger partial charge on any atom is 0.144 e. The van der Waals surface area contributed by atoms with Crippen LogP contribution in [0.25, 0.3) is 16.9 Å². The van der Waals surface area contributed by atoms with Gasteiger partial charge in [-0.15, -0.1) is 0 Å². The van der Waals surface area contributed by atoms with Crippen molar-refractivity contribution < 1.29 is 4.39 Å². The summed E-state index contributed by atoms with van der Waals surface area (Å²) in [6, 6.07) is 10.2. The molecule has 0 saturated carbocycles. The van der Waals surface area contributed by atoms with Gasteiger partial charge >= 0.3 is 0 Å². The first-order valence-corrected chi connectivity index (χ1v) is 7.34. The predicted molar refractivity (Wildman–Crippen MR) is 84.3 cm³/mol. The monoisotopic (exact) mass is 334 g/mol. The molecule has 0 spiro atoms. The van der Waals surface area contributed by atoms with Crippen LogP contribution in [0.1, 0.15) is 20.3 Å². The molecule has 0 atom stereocenters. The molecule has 20 heavy (non-hydrogen) atoms. The number of nitrogens with zero attached hydrogens (tertiary/aromatic N) is 2. The molecule has 0 bridgehead atoms. The van der Waals surface area contributed by atoms with E-state index in [4.69, 9.17) is 0 Å². The largest absolute Gasteiger partial charge is 0.299 e. The molecule has 0 radical (unpaired) electrons. The van der Waals surface area contributed by atoms with E-state index in [1.807, 2.05) is 22.7 Å². The number of fused-ring (bicyclic) bond motifs is 1. The van der Waals surface area contributed by atoms with E-state index in [2.05, 4.69) is 34.8 Å². The molecule has 0 N–H and O–H groups in total. The Morgan fingerprint density at radius 1 is 1.15 bits per heavy atom. The molecule has 0 aliphatic heterocycles. The molecular weight excluding hydrogens is 319 g/mol. The SMILES string of the molecule is CCC.Fc1ccc(-c2ncc3c(Br)cccn23)cc1. The minimum Gasteiger partial charge on any atom is -0.299 e. The predicted octanol–water partition coefficient (Wildman–Crippen LogP) is 5.32. The first kappa shape index (κ1) is 14.7. The Morgan fingerprint density at radius 2 is 1.80 bits per heavy atom. The Morgan fingerprint density at radius 3 is 2.45 bits per heavy atom. The first-order valence-electron chi connectivity index (χ1n) is 6.54. The van der Waals surface area contributed by atoms with Crippen LogP contribution in [0.5, 0.6) is 0 Å². The quantitative estimate of drug-likeness (QED) is 0.588. The third kappa shape index (κ3) is 3.07. The van der Waals surface area contributed by atoms with E-state index in [1.54, 1.807) is 18.3 Å². The van der Waals surface area contributed by atoms with Crippen molar-refractivity contribution >= 4 is 21.4 Å². The van der Waals surface area contributed by atoms with Gasteiger partial charge in [-0.05, 0) is 52.3 Å². The van der Waals surface area contributed by atoms with E-state index in [0.717, 1.165) is 21.4 Å². The third-order valence-electron chi connectivity index (χ3n) is 2.62. The fourth-order valence-corrected chi connectivity index (χ4v) is 2.25. The van der Waals surface area contributed by atoms with Crippen molar-refractivity contribution in [1.29, 1.82) is 0 Å². The van der Waals surface area contributed by atoms with E-state index in [1.165, 1.54) is 18.6 Å². The van der Waals surface area contributed by atoms with Crippen LogP contribution in [0, 0.1) is 5.82 Å². The molecule has 4 heteroatoms. The van der Waals surface area contributed by atoms with Gasteiger partial charge in [0.2, 0.25) is 0 Å². The Balaban J connectivity index is 0.000000452. The number of imidazole rings is 1. The van der Waals surface area contributed by atoms with Gasteiger partial charge in [-0.2, -0.15) is 0 Å². The molecule has 0 aliphatic rings. The second-order valence-electron chi connectivity index (χ2n) is 4.41. The maximum absolute atomic E-state index is 12.9. The lowest BCUT2D eigenvalue weighted by molar-refractivity contribution is 0.628. The smallest absolute Gasteiger partial charge is 0.144 e. The van der Waals surface area contributed by atoms with E-state index in [-0.39, 0.29) is 5.82 Å². The second-order valence-corrected chi connectivity index (χ2v) is 5.26. The van der Waals surface area contributed by atoms with Gasteiger partial charge < -0.3 is 0 Å². The standard InChI is InChI=1S/C13H8BrFN2.C3H8/c14-11-2-1-7-17-12(11)8-16-13(17)9-3-5-10(15)6-4-9;1-3-2/h1-8H;3H2,1-2H3. The van der Waals surface area contributed by atoms with Gasteiger partial charge in [0.1, 0.15) is 11.6 Å². The van der Waals surface area contributed by atoms with Crippen LogP contribution >= 0.6 is 15.9 Å². The van der Waals surface area contributed by atoms with Crippen LogP contribution in [-0.4, -0.2) is 9.38 Å². The highest BCUT2D eigenvalue weighted by Gasteiger charge is 2.07. The zero-order chi connectivity index (χ0) is 14.5. The minimum atomic E-state index is -0.240. The number of halogens is 2. The van der Waals surface area contributed by atoms with Crippen molar-refractivity contribution in [1.82, 2.24) is 9.38 Å². The van der Waals surface area contributed by atoms with Gasteiger partial charge in [-0.1, -0.05) is 20.3 Å². The molecule has 3 aromatic rings. The fraction of sp³-hybridized carbons (Fsp3) is 0.188. The van der Waals surface area contributed by atoms with Crippen molar-refractivity contribution in [2.24, 2.45) is 0 Å². The zero-order valence-electron chi connectivity index (χ0n) is 11.5. The van der Waals surface area contributed by atoms with Gasteiger partial charge in [-0.3, -0.25) is 4.40 Å². The van der Waals surface area contributed by atoms with Gasteiger partial charge in [0.05, 0.1) is 11.7 Å². The summed E-state index contributed by atoms with van der Waals surface area (Å²) in [7, 11) is 0. The highest BCUT2D eigenvalue weighted by molar-refractivity contribution is 9.10. The number of hydrogen-bond donors (Lipinski definition) is 0. The molecule has 0 unspecified atom stereocenters. The van der Waals surface area contributed by atoms with Gasteiger partial charge in [0.15, 0.2) is 0 Å². The van der Waals surface area contributed by atoms with Gasteiger partial charge in [0.25, 0.3) is 0 Å². The summed E-state index contributed by atoms with van der Waals surface area (Å²) in [5.74, 6) is 0.567. The summed E-state index contributed by atoms with van der Waals surface area (Å²) < 4.78 is 15.8. The topological polar surface area (TPSA) is 17.3 Å². The number of aromatic nitrogens is 2. The molecular formula is C16H16BrFN2. The van der Waals surface area contributed by atoms with E-state index in [9.17, 15) is 4.39 Å². The molecule has 104 valence electrons. The Kier molecular flexibility index (Phi) is 4.90. The summed E-state index contributed by atoms with van der Waals surface area (Å²) in [5, 5.41) is 0. The number of benzene rings is 1. The molecule has 0 saturated heterocycles. The van der Waals surface area contributed by atoms with Crippen LogP contribution in [0.3, 0.4) is 0 Å². The van der Waals surface area contributed by atoms with E-state index >= 15 is 0 Å². The molecule has 1 aromatic carbocycles. The van der Waals surface area contributed by atoms with Crippen LogP contribution in [0.4, 0.5) is 4.39 Å². The number of hydrogen-bond acceptors (Lipinski definition) is 1. The second kappa shape index (κ2) is 6.66. The summed E-state index contributed by atoms with van der Waals surface area (Å²) in [4.78, 5) is 4.37. The lowest BCUT2D eigenvalue weighted by Gasteiger charge is -2.02. The Labute approximate surface area is 126 Å². The molecule has 0 fully saturated rings. The average molecular weight is 335 g/mol. The fourth-order valence-electron chi connectivity index (χ4n) is 1.80. The van der Waals surface area contributed by atoms with E-state index < -0.39 is 0 Å². The van der Waals surface area contributed by atoms with Crippen molar-refractivity contribution in [2.45, 2.75) is 20.3 Å². The average Bonchev–Trinajstić information content (AvgIpc) is 2.86. The van der Waals surface area contributed by atoms with Gasteiger partial charge in [0, 0.05) is 16.2 Å². The molecule has 2 heterocycles. The highest BCUT2D eigenvalue weighted by Crippen LogP contribution is 2.24. The van der Waals surface area contributed by atoms with Crippen LogP contribution in [0.15, 0.2) is 53.3 Å². The Bertz CT molecular complexity index is 689. The van der Waals surface area contributed by atoms with E-state index in [0.29, 0.717) is 0 Å². The molecule has 0 aliphatic carbocycles. The molecule has 3 rings (SSSR count). The summed E-state index contributed by atoms with van der Waals surface area (Å²) in [6.07, 6.45) is 4.98. The van der Waals surface area contributed by atoms with Crippen molar-refractivity contribution in [3.05, 3.63) is 59.1 Å². The zero-order valence-corrected chi connectivity index (χ0v) is 13.1. The molecule has 0 amide bonds. The summed E-state index contributed by atoms with van der Waals surface area (Å²) in [5.41, 5.74) is 1.89. The Hall–Kier alpha value is -1.68. The van der Waals surface area contributed by atoms with Crippen molar-refractivity contribution in [2.75, 3.05) is 0 Å². The van der Waals surface area contributed by atoms with Gasteiger partial charge in [-0.25, -0.2) is 9.37 Å². The first-order chi connectivity index (χ1) is 9.67. The lowest BCUT2D eigenvalue weighted by atomic mass is 10.2. The molecule has 2 aromatic heterocycles. The van der Waals surface area contributed by atoms with Crippen LogP contribution in [0.2, 0.25) is 0 Å². The van der Waals surface area contributed by atoms with Crippen LogP contribution < -0.4 is 0 Å². The normalized spacial score (nSPS) is 10.2. The summed E-state index contributed by atoms with van der Waals surface area (Å²) >= 11 is 3.47. The summed E-state index contributed by atoms with van der Waals surface area (Å²) in [6.45, 7) is 4.25. The maximum atomic E-state index is 12.9. The minimum absolute atomic E-state index is 0.240. The lowest BCUT2D eigenvalue weighted by Crippen LogP contribution is -1.89. The van der Waals surface area contributed by atoms with Crippen LogP contribution in [-0.2, 0) is 0 Å². The number of rotatable bonds is 1. The third-order valence-corrected chi connectivity index (χ3v) is 3.29. The van der Waals surface area contributed by atoms with Crippen molar-refractivity contribution in [3.63, 3.8) is 0 Å². The number of pyridine rings is 1. The highest BCUT2D eigenvalue weighted by atomic mass is 79.9. The molecule has 2 nitrogen and oxygen atoms in total.